The number of nitro groups is 1. The van der Waals surface area contributed by atoms with Crippen LogP contribution in [0.5, 0.6) is 0 Å². The molecule has 0 bridgehead atoms. The van der Waals surface area contributed by atoms with E-state index in [1.165, 1.54) is 11.6 Å². The van der Waals surface area contributed by atoms with Gasteiger partial charge in [0.2, 0.25) is 0 Å². The molecule has 0 saturated carbocycles. The number of halogens is 1. The minimum Gasteiger partial charge on any atom is -0.330 e. The number of nitrogens with zero attached hydrogens (tertiary/aromatic N) is 2. The molecule has 5 nitrogen and oxygen atoms in total. The molecule has 0 unspecified atom stereocenters. The summed E-state index contributed by atoms with van der Waals surface area (Å²) >= 11 is 5.89. The molecule has 1 aliphatic heterocycles. The Morgan fingerprint density at radius 1 is 1.21 bits per heavy atom. The van der Waals surface area contributed by atoms with Gasteiger partial charge in [-0.05, 0) is 30.2 Å². The molecule has 2 aromatic rings. The Labute approximate surface area is 146 Å². The summed E-state index contributed by atoms with van der Waals surface area (Å²) in [5, 5.41) is 11.6. The lowest BCUT2D eigenvalue weighted by Gasteiger charge is -2.17. The van der Waals surface area contributed by atoms with Crippen molar-refractivity contribution < 1.29 is 4.92 Å². The Morgan fingerprint density at radius 2 is 1.96 bits per heavy atom. The molecule has 1 saturated heterocycles. The molecule has 2 N–H and O–H groups in total. The molecule has 1 fully saturated rings. The summed E-state index contributed by atoms with van der Waals surface area (Å²) in [6.45, 7) is 2.84. The first-order chi connectivity index (χ1) is 11.6. The van der Waals surface area contributed by atoms with E-state index >= 15 is 0 Å². The van der Waals surface area contributed by atoms with Crippen LogP contribution in [0.2, 0.25) is 5.02 Å². The van der Waals surface area contributed by atoms with Gasteiger partial charge in [0.1, 0.15) is 0 Å². The summed E-state index contributed by atoms with van der Waals surface area (Å²) in [4.78, 5) is 13.1. The van der Waals surface area contributed by atoms with Gasteiger partial charge in [-0.1, -0.05) is 41.9 Å². The predicted octanol–water partition coefficient (Wildman–Crippen LogP) is 3.42. The maximum atomic E-state index is 11.3. The van der Waals surface area contributed by atoms with Gasteiger partial charge >= 0.3 is 0 Å². The van der Waals surface area contributed by atoms with Gasteiger partial charge in [0.25, 0.3) is 5.69 Å². The fourth-order valence-corrected chi connectivity index (χ4v) is 3.65. The molecule has 1 aliphatic rings. The van der Waals surface area contributed by atoms with Crippen LogP contribution in [0.4, 0.5) is 5.69 Å². The van der Waals surface area contributed by atoms with Crippen molar-refractivity contribution in [2.75, 3.05) is 19.6 Å². The molecule has 126 valence electrons. The minimum atomic E-state index is -0.369. The largest absolute Gasteiger partial charge is 0.330 e. The summed E-state index contributed by atoms with van der Waals surface area (Å²) in [7, 11) is 0. The molecule has 2 atom stereocenters. The first-order valence-corrected chi connectivity index (χ1v) is 8.36. The highest BCUT2D eigenvalue weighted by Crippen LogP contribution is 2.34. The SMILES string of the molecule is NC[C@@H]1CN(Cc2ccc(Cl)cc2[N+](=O)[O-])C[C@H]1c1ccccc1. The molecule has 0 spiro atoms. The van der Waals surface area contributed by atoms with Gasteiger partial charge in [0.05, 0.1) is 4.92 Å². The van der Waals surface area contributed by atoms with E-state index in [0.717, 1.165) is 13.1 Å². The monoisotopic (exact) mass is 345 g/mol. The second-order valence-electron chi connectivity index (χ2n) is 6.24. The third-order valence-electron chi connectivity index (χ3n) is 4.69. The average Bonchev–Trinajstić information content (AvgIpc) is 3.00. The second-order valence-corrected chi connectivity index (χ2v) is 6.67. The number of nitro benzene ring substituents is 1. The maximum absolute atomic E-state index is 11.3. The third kappa shape index (κ3) is 3.59. The highest BCUT2D eigenvalue weighted by molar-refractivity contribution is 6.30. The van der Waals surface area contributed by atoms with E-state index in [2.05, 4.69) is 17.0 Å². The lowest BCUT2D eigenvalue weighted by atomic mass is 9.89. The zero-order valence-corrected chi connectivity index (χ0v) is 14.0. The maximum Gasteiger partial charge on any atom is 0.275 e. The van der Waals surface area contributed by atoms with E-state index in [9.17, 15) is 10.1 Å². The number of likely N-dealkylation sites (tertiary alicyclic amines) is 1. The second kappa shape index (κ2) is 7.30. The van der Waals surface area contributed by atoms with Crippen molar-refractivity contribution in [1.29, 1.82) is 0 Å². The van der Waals surface area contributed by atoms with Gasteiger partial charge < -0.3 is 5.73 Å². The minimum absolute atomic E-state index is 0.0787. The molecule has 6 heteroatoms. The van der Waals surface area contributed by atoms with Crippen LogP contribution >= 0.6 is 11.6 Å². The summed E-state index contributed by atoms with van der Waals surface area (Å²) in [6.07, 6.45) is 0. The van der Waals surface area contributed by atoms with Crippen LogP contribution in [0, 0.1) is 16.0 Å². The number of rotatable bonds is 5. The van der Waals surface area contributed by atoms with Crippen molar-refractivity contribution in [2.24, 2.45) is 11.7 Å². The van der Waals surface area contributed by atoms with Crippen LogP contribution < -0.4 is 5.73 Å². The molecule has 0 radical (unpaired) electrons. The van der Waals surface area contributed by atoms with E-state index in [0.29, 0.717) is 35.5 Å². The molecule has 0 aliphatic carbocycles. The van der Waals surface area contributed by atoms with Gasteiger partial charge in [0.15, 0.2) is 0 Å². The van der Waals surface area contributed by atoms with Crippen LogP contribution in [-0.4, -0.2) is 29.5 Å². The highest BCUT2D eigenvalue weighted by Gasteiger charge is 2.33. The summed E-state index contributed by atoms with van der Waals surface area (Å²) in [6, 6.07) is 15.2. The van der Waals surface area contributed by atoms with E-state index < -0.39 is 0 Å². The van der Waals surface area contributed by atoms with Gasteiger partial charge in [-0.15, -0.1) is 0 Å². The molecule has 0 amide bonds. The molecular formula is C18H20ClN3O2. The fraction of sp³-hybridized carbons (Fsp3) is 0.333. The standard InChI is InChI=1S/C18H20ClN3O2/c19-16-7-6-14(18(8-16)22(23)24)10-21-11-15(9-20)17(12-21)13-4-2-1-3-5-13/h1-8,15,17H,9-12,20H2/t15-,17+/m1/s1. The van der Waals surface area contributed by atoms with Crippen LogP contribution in [0.3, 0.4) is 0 Å². The van der Waals surface area contributed by atoms with Crippen molar-refractivity contribution >= 4 is 17.3 Å². The predicted molar refractivity (Wildman–Crippen MR) is 95.1 cm³/mol. The number of hydrogen-bond donors (Lipinski definition) is 1. The van der Waals surface area contributed by atoms with Crippen LogP contribution in [0.1, 0.15) is 17.0 Å². The van der Waals surface area contributed by atoms with Crippen molar-refractivity contribution in [3.05, 3.63) is 74.8 Å². The van der Waals surface area contributed by atoms with Crippen LogP contribution in [0.15, 0.2) is 48.5 Å². The Bertz CT molecular complexity index is 723. The van der Waals surface area contributed by atoms with Crippen LogP contribution in [0.25, 0.3) is 0 Å². The summed E-state index contributed by atoms with van der Waals surface area (Å²) in [5.74, 6) is 0.723. The highest BCUT2D eigenvalue weighted by atomic mass is 35.5. The third-order valence-corrected chi connectivity index (χ3v) is 4.92. The lowest BCUT2D eigenvalue weighted by molar-refractivity contribution is -0.385. The van der Waals surface area contributed by atoms with Gasteiger partial charge in [-0.3, -0.25) is 15.0 Å². The van der Waals surface area contributed by atoms with Crippen molar-refractivity contribution in [2.45, 2.75) is 12.5 Å². The molecule has 2 aromatic carbocycles. The Morgan fingerprint density at radius 3 is 2.62 bits per heavy atom. The zero-order valence-electron chi connectivity index (χ0n) is 13.3. The number of benzene rings is 2. The van der Waals surface area contributed by atoms with E-state index in [4.69, 9.17) is 17.3 Å². The number of nitrogens with two attached hydrogens (primary N) is 1. The molecule has 0 aromatic heterocycles. The van der Waals surface area contributed by atoms with E-state index in [1.807, 2.05) is 18.2 Å². The summed E-state index contributed by atoms with van der Waals surface area (Å²) < 4.78 is 0. The van der Waals surface area contributed by atoms with Crippen molar-refractivity contribution in [3.8, 4) is 0 Å². The quantitative estimate of drug-likeness (QED) is 0.665. The number of hydrogen-bond acceptors (Lipinski definition) is 4. The van der Waals surface area contributed by atoms with Crippen LogP contribution in [-0.2, 0) is 6.54 Å². The van der Waals surface area contributed by atoms with E-state index in [1.54, 1.807) is 12.1 Å². The normalized spacial score (nSPS) is 21.1. The zero-order chi connectivity index (χ0) is 17.1. The van der Waals surface area contributed by atoms with Gasteiger partial charge in [-0.25, -0.2) is 0 Å². The Balaban J connectivity index is 1.79. The van der Waals surface area contributed by atoms with Crippen molar-refractivity contribution in [1.82, 2.24) is 4.90 Å². The Kier molecular flexibility index (Phi) is 5.14. The first kappa shape index (κ1) is 16.9. The smallest absolute Gasteiger partial charge is 0.275 e. The van der Waals surface area contributed by atoms with Gasteiger partial charge in [-0.2, -0.15) is 0 Å². The molecular weight excluding hydrogens is 326 g/mol. The van der Waals surface area contributed by atoms with E-state index in [-0.39, 0.29) is 10.6 Å². The summed E-state index contributed by atoms with van der Waals surface area (Å²) in [5.41, 5.74) is 8.01. The fourth-order valence-electron chi connectivity index (χ4n) is 3.49. The molecule has 3 rings (SSSR count). The molecule has 1 heterocycles. The van der Waals surface area contributed by atoms with Gasteiger partial charge in [0, 0.05) is 42.2 Å². The Hall–Kier alpha value is -1.95. The average molecular weight is 346 g/mol. The topological polar surface area (TPSA) is 72.4 Å². The lowest BCUT2D eigenvalue weighted by Crippen LogP contribution is -2.23. The van der Waals surface area contributed by atoms with Crippen molar-refractivity contribution in [3.63, 3.8) is 0 Å². The molecule has 24 heavy (non-hydrogen) atoms. The first-order valence-electron chi connectivity index (χ1n) is 7.98.